The second kappa shape index (κ2) is 7.28. The Morgan fingerprint density at radius 3 is 2.78 bits per heavy atom. The zero-order valence-electron chi connectivity index (χ0n) is 10.8. The number of nitrogens with zero attached hydrogens (tertiary/aromatic N) is 1. The molecule has 5 nitrogen and oxygen atoms in total. The molecular formula is C12H23ClN2O3. The van der Waals surface area contributed by atoms with Gasteiger partial charge in [0, 0.05) is 19.6 Å². The summed E-state index contributed by atoms with van der Waals surface area (Å²) in [4.78, 5) is 14.1. The number of amides is 1. The summed E-state index contributed by atoms with van der Waals surface area (Å²) in [5.41, 5.74) is 5.55. The van der Waals surface area contributed by atoms with Crippen LogP contribution in [0.25, 0.3) is 0 Å². The normalized spacial score (nSPS) is 32.1. The summed E-state index contributed by atoms with van der Waals surface area (Å²) in [6.45, 7) is 4.60. The van der Waals surface area contributed by atoms with Crippen molar-refractivity contribution in [3.63, 3.8) is 0 Å². The van der Waals surface area contributed by atoms with E-state index in [9.17, 15) is 4.79 Å². The van der Waals surface area contributed by atoms with Crippen LogP contribution in [0.2, 0.25) is 0 Å². The molecule has 2 N–H and O–H groups in total. The minimum atomic E-state index is -0.279. The first-order valence-corrected chi connectivity index (χ1v) is 6.50. The lowest BCUT2D eigenvalue weighted by Gasteiger charge is -2.33. The lowest BCUT2D eigenvalue weighted by atomic mass is 10.1. The molecule has 0 aromatic carbocycles. The molecule has 106 valence electrons. The third-order valence-electron chi connectivity index (χ3n) is 3.55. The van der Waals surface area contributed by atoms with Crippen LogP contribution in [0, 0.1) is 0 Å². The van der Waals surface area contributed by atoms with E-state index in [4.69, 9.17) is 15.2 Å². The lowest BCUT2D eigenvalue weighted by molar-refractivity contribution is -0.150. The molecule has 2 aliphatic heterocycles. The van der Waals surface area contributed by atoms with Gasteiger partial charge in [0.05, 0.1) is 18.8 Å². The Morgan fingerprint density at radius 2 is 2.17 bits per heavy atom. The van der Waals surface area contributed by atoms with Crippen LogP contribution < -0.4 is 5.73 Å². The van der Waals surface area contributed by atoms with E-state index in [1.807, 2.05) is 4.90 Å². The second-order valence-corrected chi connectivity index (χ2v) is 4.75. The van der Waals surface area contributed by atoms with Gasteiger partial charge < -0.3 is 20.1 Å². The van der Waals surface area contributed by atoms with E-state index < -0.39 is 0 Å². The van der Waals surface area contributed by atoms with Crippen molar-refractivity contribution in [2.75, 3.05) is 26.2 Å². The van der Waals surface area contributed by atoms with Gasteiger partial charge in [0.15, 0.2) is 0 Å². The Kier molecular flexibility index (Phi) is 6.35. The first-order chi connectivity index (χ1) is 8.24. The van der Waals surface area contributed by atoms with Gasteiger partial charge in [-0.2, -0.15) is 0 Å². The van der Waals surface area contributed by atoms with Crippen LogP contribution in [0.1, 0.15) is 26.2 Å². The molecule has 2 heterocycles. The van der Waals surface area contributed by atoms with Crippen LogP contribution in [-0.2, 0) is 14.3 Å². The summed E-state index contributed by atoms with van der Waals surface area (Å²) in [7, 11) is 0. The topological polar surface area (TPSA) is 64.8 Å². The molecular weight excluding hydrogens is 256 g/mol. The maximum Gasteiger partial charge on any atom is 0.251 e. The number of nitrogens with two attached hydrogens (primary N) is 1. The highest BCUT2D eigenvalue weighted by Crippen LogP contribution is 2.21. The predicted octanol–water partition coefficient (Wildman–Crippen LogP) is 0.552. The van der Waals surface area contributed by atoms with Gasteiger partial charge in [-0.1, -0.05) is 6.92 Å². The molecule has 1 unspecified atom stereocenters. The van der Waals surface area contributed by atoms with Crippen molar-refractivity contribution in [2.24, 2.45) is 5.73 Å². The van der Waals surface area contributed by atoms with Gasteiger partial charge in [-0.25, -0.2) is 0 Å². The van der Waals surface area contributed by atoms with E-state index in [1.165, 1.54) is 0 Å². The van der Waals surface area contributed by atoms with E-state index in [-0.39, 0.29) is 36.6 Å². The number of carbonyl (C=O) groups is 1. The maximum atomic E-state index is 12.2. The molecule has 2 aliphatic rings. The van der Waals surface area contributed by atoms with Gasteiger partial charge in [0.2, 0.25) is 0 Å². The molecule has 0 spiro atoms. The Balaban J connectivity index is 0.00000162. The van der Waals surface area contributed by atoms with Crippen LogP contribution in [0.5, 0.6) is 0 Å². The number of morpholine rings is 1. The second-order valence-electron chi connectivity index (χ2n) is 4.75. The van der Waals surface area contributed by atoms with Crippen molar-refractivity contribution in [2.45, 2.75) is 44.5 Å². The van der Waals surface area contributed by atoms with Gasteiger partial charge in [0.25, 0.3) is 5.91 Å². The Morgan fingerprint density at radius 1 is 1.39 bits per heavy atom. The lowest BCUT2D eigenvalue weighted by Crippen LogP contribution is -2.49. The molecule has 0 aliphatic carbocycles. The SMILES string of the molecule is CCC1CN(C(=O)[C@@H]2CC[C@H](CN)O2)CCO1.Cl. The quantitative estimate of drug-likeness (QED) is 0.819. The first-order valence-electron chi connectivity index (χ1n) is 6.50. The van der Waals surface area contributed by atoms with Crippen molar-refractivity contribution in [1.82, 2.24) is 4.90 Å². The summed E-state index contributed by atoms with van der Waals surface area (Å²) in [6, 6.07) is 0. The molecule has 6 heteroatoms. The largest absolute Gasteiger partial charge is 0.375 e. The molecule has 1 amide bonds. The number of ether oxygens (including phenoxy) is 2. The summed E-state index contributed by atoms with van der Waals surface area (Å²) in [5.74, 6) is 0.114. The van der Waals surface area contributed by atoms with E-state index in [0.29, 0.717) is 26.2 Å². The molecule has 0 bridgehead atoms. The van der Waals surface area contributed by atoms with Crippen LogP contribution in [-0.4, -0.2) is 55.4 Å². The van der Waals surface area contributed by atoms with E-state index in [0.717, 1.165) is 19.3 Å². The van der Waals surface area contributed by atoms with Gasteiger partial charge in [-0.15, -0.1) is 12.4 Å². The minimum absolute atomic E-state index is 0. The fourth-order valence-corrected chi connectivity index (χ4v) is 2.43. The number of halogens is 1. The van der Waals surface area contributed by atoms with E-state index in [1.54, 1.807) is 0 Å². The van der Waals surface area contributed by atoms with Gasteiger partial charge in [0.1, 0.15) is 6.10 Å². The van der Waals surface area contributed by atoms with Gasteiger partial charge >= 0.3 is 0 Å². The van der Waals surface area contributed by atoms with Crippen LogP contribution in [0.4, 0.5) is 0 Å². The molecule has 0 aromatic rings. The highest BCUT2D eigenvalue weighted by Gasteiger charge is 2.34. The zero-order chi connectivity index (χ0) is 12.3. The summed E-state index contributed by atoms with van der Waals surface area (Å²) < 4.78 is 11.2. The molecule has 2 saturated heterocycles. The highest BCUT2D eigenvalue weighted by atomic mass is 35.5. The summed E-state index contributed by atoms with van der Waals surface area (Å²) >= 11 is 0. The number of hydrogen-bond donors (Lipinski definition) is 1. The van der Waals surface area contributed by atoms with E-state index >= 15 is 0 Å². The van der Waals surface area contributed by atoms with Crippen molar-refractivity contribution >= 4 is 18.3 Å². The van der Waals surface area contributed by atoms with Crippen molar-refractivity contribution in [3.05, 3.63) is 0 Å². The number of hydrogen-bond acceptors (Lipinski definition) is 4. The van der Waals surface area contributed by atoms with E-state index in [2.05, 4.69) is 6.92 Å². The summed E-state index contributed by atoms with van der Waals surface area (Å²) in [5, 5.41) is 0. The van der Waals surface area contributed by atoms with Crippen molar-refractivity contribution in [1.29, 1.82) is 0 Å². The summed E-state index contributed by atoms with van der Waals surface area (Å²) in [6.07, 6.45) is 2.61. The number of rotatable bonds is 3. The fraction of sp³-hybridized carbons (Fsp3) is 0.917. The highest BCUT2D eigenvalue weighted by molar-refractivity contribution is 5.85. The molecule has 2 fully saturated rings. The Hall–Kier alpha value is -0.360. The van der Waals surface area contributed by atoms with Crippen LogP contribution in [0.15, 0.2) is 0 Å². The Labute approximate surface area is 114 Å². The molecule has 0 aromatic heterocycles. The zero-order valence-corrected chi connectivity index (χ0v) is 11.7. The molecule has 18 heavy (non-hydrogen) atoms. The van der Waals surface area contributed by atoms with Crippen LogP contribution in [0.3, 0.4) is 0 Å². The third-order valence-corrected chi connectivity index (χ3v) is 3.55. The van der Waals surface area contributed by atoms with Crippen LogP contribution >= 0.6 is 12.4 Å². The van der Waals surface area contributed by atoms with Gasteiger partial charge in [-0.3, -0.25) is 4.79 Å². The average Bonchev–Trinajstić information content (AvgIpc) is 2.86. The average molecular weight is 279 g/mol. The molecule has 3 atom stereocenters. The minimum Gasteiger partial charge on any atom is -0.375 e. The smallest absolute Gasteiger partial charge is 0.251 e. The van der Waals surface area contributed by atoms with Crippen molar-refractivity contribution in [3.8, 4) is 0 Å². The molecule has 0 radical (unpaired) electrons. The molecule has 2 rings (SSSR count). The fourth-order valence-electron chi connectivity index (χ4n) is 2.43. The van der Waals surface area contributed by atoms with Gasteiger partial charge in [-0.05, 0) is 19.3 Å². The monoisotopic (exact) mass is 278 g/mol. The molecule has 0 saturated carbocycles. The van der Waals surface area contributed by atoms with Crippen molar-refractivity contribution < 1.29 is 14.3 Å². The standard InChI is InChI=1S/C12H22N2O3.ClH/c1-2-9-8-14(5-6-16-9)12(15)11-4-3-10(7-13)17-11;/h9-11H,2-8,13H2,1H3;1H/t9?,10-,11+;/m1./s1. The predicted molar refractivity (Wildman–Crippen MR) is 70.8 cm³/mol. The number of carbonyl (C=O) groups excluding carboxylic acids is 1. The Bertz CT molecular complexity index is 278. The maximum absolute atomic E-state index is 12.2. The first kappa shape index (κ1) is 15.7. The third kappa shape index (κ3) is 3.57.